The lowest BCUT2D eigenvalue weighted by molar-refractivity contribution is -0.129. The summed E-state index contributed by atoms with van der Waals surface area (Å²) in [6.45, 7) is 10.3. The molecule has 0 heterocycles. The number of hydrogen-bond acceptors (Lipinski definition) is 2. The van der Waals surface area contributed by atoms with Crippen molar-refractivity contribution >= 4 is 17.7 Å². The third kappa shape index (κ3) is 6.67. The van der Waals surface area contributed by atoms with E-state index in [0.717, 1.165) is 18.0 Å². The van der Waals surface area contributed by atoms with Gasteiger partial charge in [0.15, 0.2) is 0 Å². The Labute approximate surface area is 121 Å². The molecule has 0 fully saturated rings. The first-order valence-electron chi connectivity index (χ1n) is 6.94. The van der Waals surface area contributed by atoms with E-state index in [1.165, 1.54) is 0 Å². The molecular weight excluding hydrogens is 254 g/mol. The standard InChI is InChI=1S/C16H25NOS/c1-13(2)10-17(11-14(3)4)16(18)12-19-15-8-6-5-7-9-15/h5-9,13-14H,10-12H2,1-4H3. The molecule has 0 aromatic heterocycles. The predicted molar refractivity (Wildman–Crippen MR) is 83.4 cm³/mol. The zero-order chi connectivity index (χ0) is 14.3. The number of amides is 1. The van der Waals surface area contributed by atoms with Crippen LogP contribution in [-0.4, -0.2) is 29.6 Å². The molecule has 0 aliphatic carbocycles. The highest BCUT2D eigenvalue weighted by atomic mass is 32.2. The average Bonchev–Trinajstić information content (AvgIpc) is 2.35. The molecule has 0 radical (unpaired) electrons. The SMILES string of the molecule is CC(C)CN(CC(C)C)C(=O)CSc1ccccc1. The van der Waals surface area contributed by atoms with Crippen LogP contribution < -0.4 is 0 Å². The molecule has 0 N–H and O–H groups in total. The molecule has 3 heteroatoms. The fourth-order valence-electron chi connectivity index (χ4n) is 1.91. The highest BCUT2D eigenvalue weighted by Crippen LogP contribution is 2.18. The van der Waals surface area contributed by atoms with Crippen LogP contribution in [0.5, 0.6) is 0 Å². The number of carbonyl (C=O) groups is 1. The van der Waals surface area contributed by atoms with Gasteiger partial charge in [0.1, 0.15) is 0 Å². The monoisotopic (exact) mass is 279 g/mol. The molecule has 0 spiro atoms. The smallest absolute Gasteiger partial charge is 0.232 e. The van der Waals surface area contributed by atoms with Gasteiger partial charge in [-0.05, 0) is 24.0 Å². The first-order chi connectivity index (χ1) is 8.99. The lowest BCUT2D eigenvalue weighted by Crippen LogP contribution is -2.38. The van der Waals surface area contributed by atoms with Crippen molar-refractivity contribution in [2.75, 3.05) is 18.8 Å². The van der Waals surface area contributed by atoms with Crippen molar-refractivity contribution in [3.8, 4) is 0 Å². The molecule has 2 nitrogen and oxygen atoms in total. The molecule has 0 aliphatic heterocycles. The fourth-order valence-corrected chi connectivity index (χ4v) is 2.74. The van der Waals surface area contributed by atoms with Crippen LogP contribution >= 0.6 is 11.8 Å². The van der Waals surface area contributed by atoms with E-state index in [9.17, 15) is 4.79 Å². The van der Waals surface area contributed by atoms with E-state index in [4.69, 9.17) is 0 Å². The van der Waals surface area contributed by atoms with Crippen LogP contribution in [0.25, 0.3) is 0 Å². The van der Waals surface area contributed by atoms with Gasteiger partial charge in [0, 0.05) is 18.0 Å². The molecule has 19 heavy (non-hydrogen) atoms. The second kappa shape index (κ2) is 8.26. The lowest BCUT2D eigenvalue weighted by Gasteiger charge is -2.26. The molecule has 0 atom stereocenters. The van der Waals surface area contributed by atoms with Gasteiger partial charge in [-0.3, -0.25) is 4.79 Å². The number of benzene rings is 1. The maximum Gasteiger partial charge on any atom is 0.232 e. The van der Waals surface area contributed by atoms with Crippen LogP contribution in [0.3, 0.4) is 0 Å². The van der Waals surface area contributed by atoms with Gasteiger partial charge < -0.3 is 4.90 Å². The van der Waals surface area contributed by atoms with Gasteiger partial charge in [-0.15, -0.1) is 11.8 Å². The number of carbonyl (C=O) groups excluding carboxylic acids is 1. The van der Waals surface area contributed by atoms with E-state index in [-0.39, 0.29) is 5.91 Å². The molecule has 0 saturated carbocycles. The van der Waals surface area contributed by atoms with E-state index in [0.29, 0.717) is 17.6 Å². The first-order valence-corrected chi connectivity index (χ1v) is 7.93. The summed E-state index contributed by atoms with van der Waals surface area (Å²) in [6.07, 6.45) is 0. The van der Waals surface area contributed by atoms with Crippen molar-refractivity contribution in [1.29, 1.82) is 0 Å². The van der Waals surface area contributed by atoms with Gasteiger partial charge in [-0.1, -0.05) is 45.9 Å². The Morgan fingerprint density at radius 1 is 1.05 bits per heavy atom. The Morgan fingerprint density at radius 2 is 1.58 bits per heavy atom. The van der Waals surface area contributed by atoms with Gasteiger partial charge in [0.05, 0.1) is 5.75 Å². The number of nitrogens with zero attached hydrogens (tertiary/aromatic N) is 1. The van der Waals surface area contributed by atoms with Crippen molar-refractivity contribution in [2.24, 2.45) is 11.8 Å². The van der Waals surface area contributed by atoms with Crippen LogP contribution in [-0.2, 0) is 4.79 Å². The van der Waals surface area contributed by atoms with Crippen molar-refractivity contribution in [3.63, 3.8) is 0 Å². The third-order valence-corrected chi connectivity index (χ3v) is 3.63. The van der Waals surface area contributed by atoms with E-state index in [2.05, 4.69) is 27.7 Å². The van der Waals surface area contributed by atoms with Crippen LogP contribution in [0.1, 0.15) is 27.7 Å². The number of thioether (sulfide) groups is 1. The highest BCUT2D eigenvalue weighted by Gasteiger charge is 2.16. The molecule has 1 amide bonds. The van der Waals surface area contributed by atoms with Crippen molar-refractivity contribution in [2.45, 2.75) is 32.6 Å². The second-order valence-corrected chi connectivity index (χ2v) is 6.74. The Hall–Kier alpha value is -0.960. The molecule has 1 aromatic carbocycles. The van der Waals surface area contributed by atoms with E-state index < -0.39 is 0 Å². The molecular formula is C16H25NOS. The summed E-state index contributed by atoms with van der Waals surface area (Å²) in [5, 5.41) is 0. The summed E-state index contributed by atoms with van der Waals surface area (Å²) in [4.78, 5) is 15.5. The molecule has 0 aliphatic rings. The summed E-state index contributed by atoms with van der Waals surface area (Å²) in [5.41, 5.74) is 0. The topological polar surface area (TPSA) is 20.3 Å². The van der Waals surface area contributed by atoms with Gasteiger partial charge in [0.2, 0.25) is 5.91 Å². The maximum atomic E-state index is 12.3. The average molecular weight is 279 g/mol. The minimum Gasteiger partial charge on any atom is -0.341 e. The Bertz CT molecular complexity index is 366. The van der Waals surface area contributed by atoms with Crippen LogP contribution in [0, 0.1) is 11.8 Å². The van der Waals surface area contributed by atoms with Crippen molar-refractivity contribution in [1.82, 2.24) is 4.90 Å². The zero-order valence-corrected chi connectivity index (χ0v) is 13.2. The Kier molecular flexibility index (Phi) is 7.00. The van der Waals surface area contributed by atoms with Crippen molar-refractivity contribution < 1.29 is 4.79 Å². The lowest BCUT2D eigenvalue weighted by atomic mass is 10.1. The maximum absolute atomic E-state index is 12.3. The summed E-state index contributed by atoms with van der Waals surface area (Å²) in [7, 11) is 0. The largest absolute Gasteiger partial charge is 0.341 e. The minimum atomic E-state index is 0.247. The number of hydrogen-bond donors (Lipinski definition) is 0. The molecule has 106 valence electrons. The van der Waals surface area contributed by atoms with E-state index >= 15 is 0 Å². The summed E-state index contributed by atoms with van der Waals surface area (Å²) < 4.78 is 0. The van der Waals surface area contributed by atoms with Crippen LogP contribution in [0.15, 0.2) is 35.2 Å². The first kappa shape index (κ1) is 16.1. The fraction of sp³-hybridized carbons (Fsp3) is 0.562. The summed E-state index contributed by atoms with van der Waals surface area (Å²) in [5.74, 6) is 1.81. The van der Waals surface area contributed by atoms with Gasteiger partial charge in [0.25, 0.3) is 0 Å². The van der Waals surface area contributed by atoms with E-state index in [1.54, 1.807) is 11.8 Å². The Balaban J connectivity index is 2.51. The quantitative estimate of drug-likeness (QED) is 0.705. The number of rotatable bonds is 7. The molecule has 0 bridgehead atoms. The third-order valence-electron chi connectivity index (χ3n) is 2.63. The molecule has 0 saturated heterocycles. The summed E-state index contributed by atoms with van der Waals surface area (Å²) in [6, 6.07) is 10.1. The van der Waals surface area contributed by atoms with Gasteiger partial charge >= 0.3 is 0 Å². The van der Waals surface area contributed by atoms with E-state index in [1.807, 2.05) is 35.2 Å². The highest BCUT2D eigenvalue weighted by molar-refractivity contribution is 8.00. The molecule has 0 unspecified atom stereocenters. The second-order valence-electron chi connectivity index (χ2n) is 5.69. The summed E-state index contributed by atoms with van der Waals surface area (Å²) >= 11 is 1.62. The van der Waals surface area contributed by atoms with Gasteiger partial charge in [-0.2, -0.15) is 0 Å². The van der Waals surface area contributed by atoms with Crippen molar-refractivity contribution in [3.05, 3.63) is 30.3 Å². The van der Waals surface area contributed by atoms with Crippen LogP contribution in [0.4, 0.5) is 0 Å². The molecule has 1 aromatic rings. The van der Waals surface area contributed by atoms with Crippen LogP contribution in [0.2, 0.25) is 0 Å². The zero-order valence-electron chi connectivity index (χ0n) is 12.4. The Morgan fingerprint density at radius 3 is 2.05 bits per heavy atom. The predicted octanol–water partition coefficient (Wildman–Crippen LogP) is 3.92. The van der Waals surface area contributed by atoms with Gasteiger partial charge in [-0.25, -0.2) is 0 Å². The minimum absolute atomic E-state index is 0.247. The normalized spacial score (nSPS) is 11.1. The molecule has 1 rings (SSSR count).